The number of anilines is 4. The molecule has 10 heteroatoms. The fourth-order valence-corrected chi connectivity index (χ4v) is 2.61. The zero-order valence-corrected chi connectivity index (χ0v) is 15.8. The lowest BCUT2D eigenvalue weighted by Crippen LogP contribution is -2.30. The van der Waals surface area contributed by atoms with E-state index in [1.165, 1.54) is 25.8 Å². The van der Waals surface area contributed by atoms with Crippen molar-refractivity contribution in [3.63, 3.8) is 0 Å². The fourth-order valence-electron chi connectivity index (χ4n) is 2.61. The third-order valence-electron chi connectivity index (χ3n) is 4.09. The van der Waals surface area contributed by atoms with Crippen molar-refractivity contribution in [3.8, 4) is 0 Å². The summed E-state index contributed by atoms with van der Waals surface area (Å²) in [5.74, 6) is -0.309. The number of aromatic nitrogens is 3. The van der Waals surface area contributed by atoms with Gasteiger partial charge in [-0.05, 0) is 24.3 Å². The third kappa shape index (κ3) is 4.21. The van der Waals surface area contributed by atoms with Crippen LogP contribution in [0.4, 0.5) is 23.0 Å². The molecule has 2 heterocycles. The van der Waals surface area contributed by atoms with Crippen LogP contribution in [-0.4, -0.2) is 41.0 Å². The lowest BCUT2D eigenvalue weighted by atomic mass is 10.1. The van der Waals surface area contributed by atoms with Crippen LogP contribution in [0.1, 0.15) is 20.7 Å². The van der Waals surface area contributed by atoms with Crippen molar-refractivity contribution >= 4 is 34.9 Å². The van der Waals surface area contributed by atoms with Crippen LogP contribution in [0.25, 0.3) is 0 Å². The quantitative estimate of drug-likeness (QED) is 0.423. The van der Waals surface area contributed by atoms with Gasteiger partial charge in [-0.15, -0.1) is 0 Å². The molecule has 10 nitrogen and oxygen atoms in total. The molecular weight excluding hydrogens is 374 g/mol. The van der Waals surface area contributed by atoms with E-state index in [2.05, 4.69) is 25.8 Å². The van der Waals surface area contributed by atoms with Crippen LogP contribution in [0.15, 0.2) is 55.1 Å². The molecule has 3 rings (SSSR count). The molecule has 0 aliphatic heterocycles. The molecule has 2 aromatic heterocycles. The molecule has 0 saturated carbocycles. The van der Waals surface area contributed by atoms with Gasteiger partial charge in [0.05, 0.1) is 18.4 Å². The highest BCUT2D eigenvalue weighted by atomic mass is 16.5. The van der Waals surface area contributed by atoms with Gasteiger partial charge in [0.25, 0.3) is 5.91 Å². The summed E-state index contributed by atoms with van der Waals surface area (Å²) in [6, 6.07) is 10.0. The number of carbonyl (C=O) groups is 2. The second-order valence-electron chi connectivity index (χ2n) is 5.84. The van der Waals surface area contributed by atoms with E-state index in [1.54, 1.807) is 48.3 Å². The monoisotopic (exact) mass is 393 g/mol. The Balaban J connectivity index is 1.84. The first kappa shape index (κ1) is 19.5. The molecular formula is C19H19N7O3. The van der Waals surface area contributed by atoms with Crippen LogP contribution in [0.2, 0.25) is 0 Å². The van der Waals surface area contributed by atoms with E-state index >= 15 is 0 Å². The van der Waals surface area contributed by atoms with Gasteiger partial charge in [0.1, 0.15) is 12.0 Å². The Kier molecular flexibility index (Phi) is 5.83. The number of nitrogens with two attached hydrogens (primary N) is 1. The van der Waals surface area contributed by atoms with Gasteiger partial charge in [-0.1, -0.05) is 12.1 Å². The first-order chi connectivity index (χ1) is 14.0. The van der Waals surface area contributed by atoms with Gasteiger partial charge < -0.3 is 15.4 Å². The number of hydrogen-bond acceptors (Lipinski definition) is 9. The predicted molar refractivity (Wildman–Crippen MR) is 108 cm³/mol. The summed E-state index contributed by atoms with van der Waals surface area (Å²) < 4.78 is 4.83. The molecule has 0 bridgehead atoms. The van der Waals surface area contributed by atoms with Gasteiger partial charge in [0.15, 0.2) is 11.6 Å². The van der Waals surface area contributed by atoms with Gasteiger partial charge in [-0.2, -0.15) is 0 Å². The molecule has 148 valence electrons. The average Bonchev–Trinajstić information content (AvgIpc) is 2.77. The number of hydrogen-bond donors (Lipinski definition) is 3. The Morgan fingerprint density at radius 1 is 1.10 bits per heavy atom. The Bertz CT molecular complexity index is 1030. The number of methoxy groups -OCH3 is 1. The molecule has 0 radical (unpaired) electrons. The molecule has 0 fully saturated rings. The number of para-hydroxylation sites is 1. The van der Waals surface area contributed by atoms with Crippen LogP contribution in [0.5, 0.6) is 0 Å². The summed E-state index contributed by atoms with van der Waals surface area (Å²) in [5.41, 5.74) is 12.9. The van der Waals surface area contributed by atoms with E-state index in [-0.39, 0.29) is 17.4 Å². The second kappa shape index (κ2) is 8.65. The molecule has 0 aliphatic rings. The normalized spacial score (nSPS) is 10.1. The number of ether oxygens (including phenoxy) is 1. The average molecular weight is 393 g/mol. The predicted octanol–water partition coefficient (Wildman–Crippen LogP) is 1.77. The minimum absolute atomic E-state index is 0.185. The van der Waals surface area contributed by atoms with Crippen molar-refractivity contribution in [3.05, 3.63) is 66.2 Å². The Labute approximate surface area is 166 Å². The molecule has 0 atom stereocenters. The first-order valence-electron chi connectivity index (χ1n) is 8.51. The lowest BCUT2D eigenvalue weighted by molar-refractivity contribution is 0.0601. The molecule has 0 saturated heterocycles. The number of nitrogen functional groups attached to an aromatic ring is 1. The molecule has 0 aliphatic carbocycles. The number of rotatable bonds is 6. The molecule has 0 unspecified atom stereocenters. The second-order valence-corrected chi connectivity index (χ2v) is 5.84. The Morgan fingerprint density at radius 3 is 2.55 bits per heavy atom. The number of nitrogens with one attached hydrogen (secondary N) is 2. The minimum Gasteiger partial charge on any atom is -0.465 e. The summed E-state index contributed by atoms with van der Waals surface area (Å²) in [6.45, 7) is 0. The Morgan fingerprint density at radius 2 is 1.83 bits per heavy atom. The zero-order valence-electron chi connectivity index (χ0n) is 15.8. The maximum Gasteiger partial charge on any atom is 0.339 e. The van der Waals surface area contributed by atoms with Gasteiger partial charge in [-0.3, -0.25) is 20.6 Å². The summed E-state index contributed by atoms with van der Waals surface area (Å²) in [4.78, 5) is 38.0. The topological polar surface area (TPSA) is 135 Å². The van der Waals surface area contributed by atoms with Crippen molar-refractivity contribution < 1.29 is 14.3 Å². The van der Waals surface area contributed by atoms with Gasteiger partial charge in [0, 0.05) is 25.0 Å². The van der Waals surface area contributed by atoms with Crippen LogP contribution in [0.3, 0.4) is 0 Å². The molecule has 1 aromatic carbocycles. The maximum atomic E-state index is 12.2. The van der Waals surface area contributed by atoms with Crippen LogP contribution in [0, 0.1) is 0 Å². The van der Waals surface area contributed by atoms with E-state index < -0.39 is 5.97 Å². The van der Waals surface area contributed by atoms with Crippen LogP contribution >= 0.6 is 0 Å². The zero-order chi connectivity index (χ0) is 20.8. The number of amides is 1. The largest absolute Gasteiger partial charge is 0.465 e. The number of esters is 1. The van der Waals surface area contributed by atoms with Gasteiger partial charge in [-0.25, -0.2) is 14.8 Å². The van der Waals surface area contributed by atoms with Crippen molar-refractivity contribution in [1.82, 2.24) is 20.4 Å². The van der Waals surface area contributed by atoms with E-state index in [0.29, 0.717) is 22.6 Å². The van der Waals surface area contributed by atoms with Crippen LogP contribution < -0.4 is 21.5 Å². The number of hydrazine groups is 1. The SMILES string of the molecule is COC(=O)c1ccccc1N(C)c1ncnc(NNC(=O)c2ccncc2)c1N. The van der Waals surface area contributed by atoms with Gasteiger partial charge >= 0.3 is 5.97 Å². The molecule has 3 aromatic rings. The molecule has 29 heavy (non-hydrogen) atoms. The van der Waals surface area contributed by atoms with Crippen molar-refractivity contribution in [2.45, 2.75) is 0 Å². The van der Waals surface area contributed by atoms with Crippen molar-refractivity contribution in [1.29, 1.82) is 0 Å². The number of benzene rings is 1. The van der Waals surface area contributed by atoms with Crippen molar-refractivity contribution in [2.75, 3.05) is 30.2 Å². The highest BCUT2D eigenvalue weighted by Gasteiger charge is 2.19. The summed E-state index contributed by atoms with van der Waals surface area (Å²) in [7, 11) is 3.02. The minimum atomic E-state index is -0.483. The molecule has 4 N–H and O–H groups in total. The summed E-state index contributed by atoms with van der Waals surface area (Å²) in [5, 5.41) is 0. The smallest absolute Gasteiger partial charge is 0.339 e. The van der Waals surface area contributed by atoms with E-state index in [9.17, 15) is 9.59 Å². The number of carbonyl (C=O) groups excluding carboxylic acids is 2. The van der Waals surface area contributed by atoms with E-state index in [4.69, 9.17) is 10.5 Å². The van der Waals surface area contributed by atoms with E-state index in [0.717, 1.165) is 0 Å². The maximum absolute atomic E-state index is 12.2. The van der Waals surface area contributed by atoms with Crippen molar-refractivity contribution in [2.24, 2.45) is 0 Å². The molecule has 0 spiro atoms. The lowest BCUT2D eigenvalue weighted by Gasteiger charge is -2.23. The number of pyridine rings is 1. The fraction of sp³-hybridized carbons (Fsp3) is 0.105. The highest BCUT2D eigenvalue weighted by Crippen LogP contribution is 2.32. The highest BCUT2D eigenvalue weighted by molar-refractivity contribution is 5.98. The van der Waals surface area contributed by atoms with E-state index in [1.807, 2.05) is 0 Å². The van der Waals surface area contributed by atoms with Crippen LogP contribution in [-0.2, 0) is 4.74 Å². The summed E-state index contributed by atoms with van der Waals surface area (Å²) >= 11 is 0. The number of nitrogens with zero attached hydrogens (tertiary/aromatic N) is 4. The summed E-state index contributed by atoms with van der Waals surface area (Å²) in [6.07, 6.45) is 4.32. The third-order valence-corrected chi connectivity index (χ3v) is 4.09. The first-order valence-corrected chi connectivity index (χ1v) is 8.51. The molecule has 1 amide bonds. The Hall–Kier alpha value is -4.21. The standard InChI is InChI=1S/C19H19N7O3/c1-26(14-6-4-3-5-13(14)19(28)29-2)17-15(20)16(22-11-23-17)24-25-18(27)12-7-9-21-10-8-12/h3-11H,20H2,1-2H3,(H,25,27)(H,22,23,24). The van der Waals surface area contributed by atoms with Gasteiger partial charge in [0.2, 0.25) is 0 Å².